The van der Waals surface area contributed by atoms with Crippen LogP contribution in [0.1, 0.15) is 5.56 Å². The summed E-state index contributed by atoms with van der Waals surface area (Å²) in [4.78, 5) is 0. The van der Waals surface area contributed by atoms with Crippen molar-refractivity contribution < 1.29 is 14.5 Å². The molecular formula is C13H8BNO3. The van der Waals surface area contributed by atoms with Crippen molar-refractivity contribution in [3.05, 3.63) is 42.0 Å². The Morgan fingerprint density at radius 1 is 1.11 bits per heavy atom. The van der Waals surface area contributed by atoms with E-state index in [9.17, 15) is 0 Å². The van der Waals surface area contributed by atoms with Crippen LogP contribution in [0.25, 0.3) is 21.9 Å². The van der Waals surface area contributed by atoms with Crippen LogP contribution >= 0.6 is 0 Å². The van der Waals surface area contributed by atoms with Crippen LogP contribution in [-0.2, 0) is 0 Å². The summed E-state index contributed by atoms with van der Waals surface area (Å²) in [5.41, 5.74) is 2.01. The number of benzene rings is 2. The van der Waals surface area contributed by atoms with Crippen molar-refractivity contribution in [3.8, 4) is 6.07 Å². The van der Waals surface area contributed by atoms with Gasteiger partial charge in [-0.3, -0.25) is 0 Å². The highest BCUT2D eigenvalue weighted by Gasteiger charge is 2.15. The highest BCUT2D eigenvalue weighted by molar-refractivity contribution is 6.59. The van der Waals surface area contributed by atoms with E-state index in [0.29, 0.717) is 22.2 Å². The van der Waals surface area contributed by atoms with Gasteiger partial charge in [-0.15, -0.1) is 0 Å². The van der Waals surface area contributed by atoms with Crippen molar-refractivity contribution in [2.24, 2.45) is 0 Å². The maximum absolute atomic E-state index is 9.17. The number of para-hydroxylation sites is 1. The second-order valence-electron chi connectivity index (χ2n) is 4.03. The van der Waals surface area contributed by atoms with Gasteiger partial charge in [0.2, 0.25) is 0 Å². The van der Waals surface area contributed by atoms with Crippen LogP contribution in [0.5, 0.6) is 0 Å². The van der Waals surface area contributed by atoms with E-state index in [1.54, 1.807) is 30.3 Å². The predicted molar refractivity (Wildman–Crippen MR) is 68.3 cm³/mol. The Bertz CT molecular complexity index is 786. The van der Waals surface area contributed by atoms with Gasteiger partial charge in [0.25, 0.3) is 0 Å². The summed E-state index contributed by atoms with van der Waals surface area (Å²) >= 11 is 0. The van der Waals surface area contributed by atoms with Gasteiger partial charge in [-0.05, 0) is 17.6 Å². The molecule has 0 aliphatic heterocycles. The van der Waals surface area contributed by atoms with Crippen LogP contribution in [0.4, 0.5) is 0 Å². The quantitative estimate of drug-likeness (QED) is 0.622. The molecule has 0 fully saturated rings. The monoisotopic (exact) mass is 237 g/mol. The van der Waals surface area contributed by atoms with Crippen LogP contribution < -0.4 is 5.46 Å². The summed E-state index contributed by atoms with van der Waals surface area (Å²) in [6, 6.07) is 12.3. The van der Waals surface area contributed by atoms with Crippen molar-refractivity contribution in [1.29, 1.82) is 5.26 Å². The lowest BCUT2D eigenvalue weighted by Crippen LogP contribution is -2.29. The summed E-state index contributed by atoms with van der Waals surface area (Å²) in [6.07, 6.45) is 0. The van der Waals surface area contributed by atoms with Gasteiger partial charge in [0.1, 0.15) is 11.7 Å². The summed E-state index contributed by atoms with van der Waals surface area (Å²) in [6.45, 7) is 0. The molecule has 0 saturated heterocycles. The van der Waals surface area contributed by atoms with Gasteiger partial charge in [-0.1, -0.05) is 24.3 Å². The molecule has 86 valence electrons. The molecule has 0 aliphatic rings. The van der Waals surface area contributed by atoms with Crippen molar-refractivity contribution in [1.82, 2.24) is 0 Å². The lowest BCUT2D eigenvalue weighted by molar-refractivity contribution is 0.426. The summed E-state index contributed by atoms with van der Waals surface area (Å²) in [7, 11) is -1.52. The standard InChI is InChI=1S/C13H8BNO3/c15-7-8-2-1-3-10-11-6-9(14(16)17)4-5-12(11)18-13(8)10/h1-6,16-17H. The molecule has 4 nitrogen and oxygen atoms in total. The van der Waals surface area contributed by atoms with Gasteiger partial charge in [0.05, 0.1) is 5.56 Å². The zero-order chi connectivity index (χ0) is 12.7. The molecule has 0 amide bonds. The first-order valence-corrected chi connectivity index (χ1v) is 5.42. The van der Waals surface area contributed by atoms with Crippen LogP contribution in [0.15, 0.2) is 40.8 Å². The fourth-order valence-corrected chi connectivity index (χ4v) is 2.06. The minimum Gasteiger partial charge on any atom is -0.455 e. The summed E-state index contributed by atoms with van der Waals surface area (Å²) in [5, 5.41) is 28.9. The molecule has 0 unspecified atom stereocenters. The SMILES string of the molecule is N#Cc1cccc2c1oc1ccc(B(O)O)cc12. The molecule has 2 aromatic carbocycles. The summed E-state index contributed by atoms with van der Waals surface area (Å²) in [5.74, 6) is 0. The number of furan rings is 1. The first kappa shape index (κ1) is 10.8. The average molecular weight is 237 g/mol. The largest absolute Gasteiger partial charge is 0.488 e. The van der Waals surface area contributed by atoms with Gasteiger partial charge in [-0.25, -0.2) is 0 Å². The van der Waals surface area contributed by atoms with E-state index >= 15 is 0 Å². The molecule has 0 spiro atoms. The number of nitriles is 1. The van der Waals surface area contributed by atoms with Crippen LogP contribution in [0.3, 0.4) is 0 Å². The summed E-state index contributed by atoms with van der Waals surface area (Å²) < 4.78 is 5.62. The van der Waals surface area contributed by atoms with Crippen LogP contribution in [0.2, 0.25) is 0 Å². The zero-order valence-corrected chi connectivity index (χ0v) is 9.29. The van der Waals surface area contributed by atoms with Crippen LogP contribution in [0, 0.1) is 11.3 Å². The van der Waals surface area contributed by atoms with Crippen molar-refractivity contribution in [3.63, 3.8) is 0 Å². The molecule has 0 bridgehead atoms. The van der Waals surface area contributed by atoms with Crippen molar-refractivity contribution >= 4 is 34.5 Å². The average Bonchev–Trinajstić information content (AvgIpc) is 2.76. The number of hydrogen-bond donors (Lipinski definition) is 2. The second-order valence-corrected chi connectivity index (χ2v) is 4.03. The topological polar surface area (TPSA) is 77.4 Å². The molecule has 18 heavy (non-hydrogen) atoms. The zero-order valence-electron chi connectivity index (χ0n) is 9.29. The molecule has 1 heterocycles. The first-order valence-electron chi connectivity index (χ1n) is 5.42. The van der Waals surface area contributed by atoms with E-state index in [4.69, 9.17) is 19.7 Å². The number of fused-ring (bicyclic) bond motifs is 3. The lowest BCUT2D eigenvalue weighted by Gasteiger charge is -1.97. The Kier molecular flexibility index (Phi) is 2.34. The molecule has 3 rings (SSSR count). The van der Waals surface area contributed by atoms with Crippen molar-refractivity contribution in [2.75, 3.05) is 0 Å². The minimum absolute atomic E-state index is 0.396. The molecule has 5 heteroatoms. The molecule has 0 radical (unpaired) electrons. The maximum Gasteiger partial charge on any atom is 0.488 e. The maximum atomic E-state index is 9.17. The minimum atomic E-state index is -1.52. The lowest BCUT2D eigenvalue weighted by atomic mass is 9.80. The Balaban J connectivity index is 2.42. The first-order chi connectivity index (χ1) is 8.70. The third kappa shape index (κ3) is 1.48. The smallest absolute Gasteiger partial charge is 0.455 e. The van der Waals surface area contributed by atoms with Gasteiger partial charge >= 0.3 is 7.12 Å². The number of rotatable bonds is 1. The van der Waals surface area contributed by atoms with E-state index in [-0.39, 0.29) is 0 Å². The molecule has 0 saturated carbocycles. The van der Waals surface area contributed by atoms with Gasteiger partial charge in [-0.2, -0.15) is 5.26 Å². The Labute approximate surface area is 103 Å². The fraction of sp³-hybridized carbons (Fsp3) is 0. The Hall–Kier alpha value is -2.29. The van der Waals surface area contributed by atoms with E-state index in [1.165, 1.54) is 0 Å². The van der Waals surface area contributed by atoms with E-state index in [0.717, 1.165) is 10.8 Å². The third-order valence-electron chi connectivity index (χ3n) is 2.94. The van der Waals surface area contributed by atoms with Gasteiger partial charge < -0.3 is 14.5 Å². The number of nitrogens with zero attached hydrogens (tertiary/aromatic N) is 1. The second kappa shape index (κ2) is 3.88. The predicted octanol–water partition coefficient (Wildman–Crippen LogP) is 1.14. The van der Waals surface area contributed by atoms with E-state index < -0.39 is 7.12 Å². The van der Waals surface area contributed by atoms with Gasteiger partial charge in [0.15, 0.2) is 5.58 Å². The van der Waals surface area contributed by atoms with Crippen molar-refractivity contribution in [2.45, 2.75) is 0 Å². The normalized spacial score (nSPS) is 10.7. The Morgan fingerprint density at radius 3 is 2.67 bits per heavy atom. The highest BCUT2D eigenvalue weighted by Crippen LogP contribution is 2.29. The number of hydrogen-bond acceptors (Lipinski definition) is 4. The third-order valence-corrected chi connectivity index (χ3v) is 2.94. The molecule has 2 N–H and O–H groups in total. The fourth-order valence-electron chi connectivity index (χ4n) is 2.06. The molecule has 0 aliphatic carbocycles. The van der Waals surface area contributed by atoms with Crippen LogP contribution in [-0.4, -0.2) is 17.2 Å². The van der Waals surface area contributed by atoms with E-state index in [2.05, 4.69) is 6.07 Å². The Morgan fingerprint density at radius 2 is 1.94 bits per heavy atom. The molecular weight excluding hydrogens is 229 g/mol. The van der Waals surface area contributed by atoms with Gasteiger partial charge in [0, 0.05) is 10.8 Å². The van der Waals surface area contributed by atoms with E-state index in [1.807, 2.05) is 6.07 Å². The molecule has 0 atom stereocenters. The molecule has 3 aromatic rings. The molecule has 1 aromatic heterocycles. The highest BCUT2D eigenvalue weighted by atomic mass is 16.4.